The Morgan fingerprint density at radius 2 is 1.85 bits per heavy atom. The molecule has 1 saturated heterocycles. The van der Waals surface area contributed by atoms with Gasteiger partial charge in [-0.1, -0.05) is 50.6 Å². The standard InChI is InChI=1S/C18H29N3O3S.ClH/c1-3-14(2)17(19)18(22)20-16-9-11-21(12-10-16)25(23,24)13-15-7-5-4-6-8-15;/h4-8,14,16-17H,3,9-13,19H2,1-2H3,(H,20,22);1H. The summed E-state index contributed by atoms with van der Waals surface area (Å²) in [5, 5.41) is 2.97. The molecular weight excluding hydrogens is 374 g/mol. The van der Waals surface area contributed by atoms with Gasteiger partial charge in [0.2, 0.25) is 15.9 Å². The van der Waals surface area contributed by atoms with E-state index in [0.717, 1.165) is 12.0 Å². The van der Waals surface area contributed by atoms with Crippen molar-refractivity contribution in [2.75, 3.05) is 13.1 Å². The quantitative estimate of drug-likeness (QED) is 0.727. The molecule has 0 saturated carbocycles. The highest BCUT2D eigenvalue weighted by Gasteiger charge is 2.30. The Hall–Kier alpha value is -1.15. The molecule has 1 fully saturated rings. The molecule has 2 atom stereocenters. The lowest BCUT2D eigenvalue weighted by Gasteiger charge is -2.32. The van der Waals surface area contributed by atoms with E-state index in [1.54, 1.807) is 0 Å². The van der Waals surface area contributed by atoms with Gasteiger partial charge in [-0.05, 0) is 24.3 Å². The van der Waals surface area contributed by atoms with E-state index in [1.165, 1.54) is 4.31 Å². The minimum absolute atomic E-state index is 0. The lowest BCUT2D eigenvalue weighted by molar-refractivity contribution is -0.124. The highest BCUT2D eigenvalue weighted by molar-refractivity contribution is 7.88. The average Bonchev–Trinajstić information content (AvgIpc) is 2.61. The van der Waals surface area contributed by atoms with E-state index in [2.05, 4.69) is 5.32 Å². The summed E-state index contributed by atoms with van der Waals surface area (Å²) in [6.07, 6.45) is 2.09. The largest absolute Gasteiger partial charge is 0.352 e. The van der Waals surface area contributed by atoms with Gasteiger partial charge in [0, 0.05) is 19.1 Å². The SMILES string of the molecule is CCC(C)C(N)C(=O)NC1CCN(S(=O)(=O)Cc2ccccc2)CC1.Cl. The monoisotopic (exact) mass is 403 g/mol. The predicted octanol–water partition coefficient (Wildman–Crippen LogP) is 1.89. The van der Waals surface area contributed by atoms with E-state index in [9.17, 15) is 13.2 Å². The fourth-order valence-electron chi connectivity index (χ4n) is 2.96. The molecule has 148 valence electrons. The third kappa shape index (κ3) is 6.23. The number of nitrogens with two attached hydrogens (primary N) is 1. The highest BCUT2D eigenvalue weighted by Crippen LogP contribution is 2.18. The summed E-state index contributed by atoms with van der Waals surface area (Å²) in [6, 6.07) is 8.67. The van der Waals surface area contributed by atoms with Gasteiger partial charge < -0.3 is 11.1 Å². The maximum Gasteiger partial charge on any atom is 0.237 e. The van der Waals surface area contributed by atoms with Crippen molar-refractivity contribution < 1.29 is 13.2 Å². The van der Waals surface area contributed by atoms with E-state index in [-0.39, 0.29) is 36.0 Å². The number of nitrogens with one attached hydrogen (secondary N) is 1. The highest BCUT2D eigenvalue weighted by atomic mass is 35.5. The number of sulfonamides is 1. The Bertz CT molecular complexity index is 662. The van der Waals surface area contributed by atoms with E-state index in [4.69, 9.17) is 5.73 Å². The van der Waals surface area contributed by atoms with Crippen molar-refractivity contribution in [2.45, 2.75) is 50.9 Å². The number of rotatable bonds is 7. The zero-order chi connectivity index (χ0) is 18.4. The van der Waals surface area contributed by atoms with Crippen LogP contribution < -0.4 is 11.1 Å². The minimum Gasteiger partial charge on any atom is -0.352 e. The van der Waals surface area contributed by atoms with Crippen LogP contribution in [0.25, 0.3) is 0 Å². The summed E-state index contributed by atoms with van der Waals surface area (Å²) in [4.78, 5) is 12.2. The van der Waals surface area contributed by atoms with Gasteiger partial charge in [0.15, 0.2) is 0 Å². The molecule has 1 aliphatic rings. The topological polar surface area (TPSA) is 92.5 Å². The van der Waals surface area contributed by atoms with Gasteiger partial charge in [0.05, 0.1) is 11.8 Å². The molecule has 3 N–H and O–H groups in total. The first-order valence-electron chi connectivity index (χ1n) is 8.91. The predicted molar refractivity (Wildman–Crippen MR) is 106 cm³/mol. The summed E-state index contributed by atoms with van der Waals surface area (Å²) >= 11 is 0. The molecule has 2 unspecified atom stereocenters. The summed E-state index contributed by atoms with van der Waals surface area (Å²) in [5.74, 6) is 0.00954. The molecule has 0 aromatic heterocycles. The van der Waals surface area contributed by atoms with Gasteiger partial charge in [-0.2, -0.15) is 0 Å². The van der Waals surface area contributed by atoms with Crippen LogP contribution in [0.1, 0.15) is 38.7 Å². The van der Waals surface area contributed by atoms with Gasteiger partial charge in [0.25, 0.3) is 0 Å². The minimum atomic E-state index is -3.33. The lowest BCUT2D eigenvalue weighted by Crippen LogP contribution is -2.52. The average molecular weight is 404 g/mol. The van der Waals surface area contributed by atoms with E-state index < -0.39 is 16.1 Å². The molecule has 1 aromatic rings. The molecule has 1 heterocycles. The molecule has 0 bridgehead atoms. The molecule has 0 spiro atoms. The summed E-state index contributed by atoms with van der Waals surface area (Å²) in [7, 11) is -3.33. The van der Waals surface area contributed by atoms with E-state index >= 15 is 0 Å². The zero-order valence-corrected chi connectivity index (χ0v) is 17.1. The van der Waals surface area contributed by atoms with Crippen LogP contribution in [0.3, 0.4) is 0 Å². The Morgan fingerprint density at radius 3 is 2.38 bits per heavy atom. The van der Waals surface area contributed by atoms with Crippen LogP contribution in [-0.4, -0.2) is 43.8 Å². The second kappa shape index (κ2) is 10.3. The van der Waals surface area contributed by atoms with Crippen molar-refractivity contribution in [2.24, 2.45) is 11.7 Å². The molecule has 1 aromatic carbocycles. The maximum absolute atomic E-state index is 12.5. The van der Waals surface area contributed by atoms with Gasteiger partial charge >= 0.3 is 0 Å². The number of nitrogens with zero attached hydrogens (tertiary/aromatic N) is 1. The molecule has 26 heavy (non-hydrogen) atoms. The van der Waals surface area contributed by atoms with Gasteiger partial charge in [-0.3, -0.25) is 4.79 Å². The van der Waals surface area contributed by atoms with Crippen LogP contribution >= 0.6 is 12.4 Å². The Labute approximate surface area is 163 Å². The number of benzene rings is 1. The molecule has 1 amide bonds. The molecule has 6 nitrogen and oxygen atoms in total. The van der Waals surface area contributed by atoms with Crippen LogP contribution in [0.15, 0.2) is 30.3 Å². The molecule has 0 radical (unpaired) electrons. The second-order valence-electron chi connectivity index (χ2n) is 6.84. The number of hydrogen-bond acceptors (Lipinski definition) is 4. The van der Waals surface area contributed by atoms with Crippen molar-refractivity contribution in [1.29, 1.82) is 0 Å². The van der Waals surface area contributed by atoms with Crippen molar-refractivity contribution in [3.05, 3.63) is 35.9 Å². The maximum atomic E-state index is 12.5. The number of carbonyl (C=O) groups excluding carboxylic acids is 1. The second-order valence-corrected chi connectivity index (χ2v) is 8.80. The molecule has 0 aliphatic carbocycles. The van der Waals surface area contributed by atoms with Crippen LogP contribution in [0.5, 0.6) is 0 Å². The zero-order valence-electron chi connectivity index (χ0n) is 15.4. The van der Waals surface area contributed by atoms with Gasteiger partial charge in [-0.25, -0.2) is 12.7 Å². The van der Waals surface area contributed by atoms with Crippen LogP contribution in [0, 0.1) is 5.92 Å². The Balaban J connectivity index is 0.00000338. The number of piperidine rings is 1. The third-order valence-corrected chi connectivity index (χ3v) is 6.80. The van der Waals surface area contributed by atoms with Gasteiger partial charge in [-0.15, -0.1) is 12.4 Å². The molecular formula is C18H30ClN3O3S. The van der Waals surface area contributed by atoms with Gasteiger partial charge in [0.1, 0.15) is 0 Å². The molecule has 8 heteroatoms. The first-order valence-corrected chi connectivity index (χ1v) is 10.5. The normalized spacial score (nSPS) is 18.6. The number of halogens is 1. The first-order chi connectivity index (χ1) is 11.8. The fraction of sp³-hybridized carbons (Fsp3) is 0.611. The molecule has 1 aliphatic heterocycles. The Morgan fingerprint density at radius 1 is 1.27 bits per heavy atom. The Kier molecular flexibility index (Phi) is 9.03. The number of carbonyl (C=O) groups is 1. The van der Waals surface area contributed by atoms with Crippen molar-refractivity contribution in [1.82, 2.24) is 9.62 Å². The smallest absolute Gasteiger partial charge is 0.237 e. The summed E-state index contributed by atoms with van der Waals surface area (Å²) in [6.45, 7) is 4.83. The van der Waals surface area contributed by atoms with Crippen molar-refractivity contribution in [3.8, 4) is 0 Å². The summed E-state index contributed by atoms with van der Waals surface area (Å²) < 4.78 is 26.6. The van der Waals surface area contributed by atoms with Crippen LogP contribution in [0.4, 0.5) is 0 Å². The van der Waals surface area contributed by atoms with Crippen molar-refractivity contribution in [3.63, 3.8) is 0 Å². The van der Waals surface area contributed by atoms with Crippen LogP contribution in [0.2, 0.25) is 0 Å². The molecule has 2 rings (SSSR count). The fourth-order valence-corrected chi connectivity index (χ4v) is 4.53. The first kappa shape index (κ1) is 22.9. The van der Waals surface area contributed by atoms with E-state index in [1.807, 2.05) is 44.2 Å². The van der Waals surface area contributed by atoms with E-state index in [0.29, 0.717) is 25.9 Å². The van der Waals surface area contributed by atoms with Crippen molar-refractivity contribution >= 4 is 28.3 Å². The number of hydrogen-bond donors (Lipinski definition) is 2. The summed E-state index contributed by atoms with van der Waals surface area (Å²) in [5.41, 5.74) is 6.74. The lowest BCUT2D eigenvalue weighted by atomic mass is 9.98. The van der Waals surface area contributed by atoms with Crippen LogP contribution in [-0.2, 0) is 20.6 Å². The third-order valence-electron chi connectivity index (χ3n) is 4.95. The number of amides is 1.